The standard InChI is InChI=1S/C17H25FN4O/c1-3-19-17(20-8-4-10-23-2)21-9-7-13-12-22-16-6-5-14(18)11-15(13)16/h5-6,11-12,22H,3-4,7-10H2,1-2H3,(H2,19,20,21). The quantitative estimate of drug-likeness (QED) is 0.398. The predicted octanol–water partition coefficient (Wildman–Crippen LogP) is 2.44. The highest BCUT2D eigenvalue weighted by molar-refractivity contribution is 5.83. The molecule has 1 heterocycles. The summed E-state index contributed by atoms with van der Waals surface area (Å²) in [4.78, 5) is 7.67. The number of nitrogens with one attached hydrogen (secondary N) is 3. The number of halogens is 1. The Labute approximate surface area is 136 Å². The number of H-pyrrole nitrogens is 1. The number of aromatic amines is 1. The third-order valence-electron chi connectivity index (χ3n) is 3.54. The zero-order chi connectivity index (χ0) is 16.5. The first-order chi connectivity index (χ1) is 11.2. The number of hydrogen-bond acceptors (Lipinski definition) is 2. The van der Waals surface area contributed by atoms with Gasteiger partial charge in [-0.05, 0) is 43.5 Å². The van der Waals surface area contributed by atoms with Crippen LogP contribution >= 0.6 is 0 Å². The van der Waals surface area contributed by atoms with E-state index in [1.54, 1.807) is 19.2 Å². The molecule has 23 heavy (non-hydrogen) atoms. The fourth-order valence-electron chi connectivity index (χ4n) is 2.41. The molecule has 0 saturated carbocycles. The molecule has 0 spiro atoms. The second kappa shape index (κ2) is 9.15. The molecular weight excluding hydrogens is 295 g/mol. The molecule has 0 bridgehead atoms. The number of aliphatic imine (C=N–C) groups is 1. The average molecular weight is 320 g/mol. The molecule has 0 saturated heterocycles. The number of aromatic nitrogens is 1. The summed E-state index contributed by atoms with van der Waals surface area (Å²) in [6.07, 6.45) is 3.63. The van der Waals surface area contributed by atoms with Gasteiger partial charge in [0.25, 0.3) is 0 Å². The van der Waals surface area contributed by atoms with Gasteiger partial charge in [-0.3, -0.25) is 4.99 Å². The first kappa shape index (κ1) is 17.3. The van der Waals surface area contributed by atoms with Gasteiger partial charge in [-0.15, -0.1) is 0 Å². The maximum absolute atomic E-state index is 13.4. The molecule has 0 unspecified atom stereocenters. The number of benzene rings is 1. The Morgan fingerprint density at radius 3 is 3.00 bits per heavy atom. The number of methoxy groups -OCH3 is 1. The monoisotopic (exact) mass is 320 g/mol. The molecule has 126 valence electrons. The molecule has 0 radical (unpaired) electrons. The lowest BCUT2D eigenvalue weighted by Crippen LogP contribution is -2.38. The van der Waals surface area contributed by atoms with E-state index < -0.39 is 0 Å². The summed E-state index contributed by atoms with van der Waals surface area (Å²) >= 11 is 0. The smallest absolute Gasteiger partial charge is 0.191 e. The first-order valence-electron chi connectivity index (χ1n) is 8.01. The largest absolute Gasteiger partial charge is 0.385 e. The van der Waals surface area contributed by atoms with Crippen LogP contribution in [0, 0.1) is 5.82 Å². The van der Waals surface area contributed by atoms with Crippen molar-refractivity contribution in [3.05, 3.63) is 35.8 Å². The van der Waals surface area contributed by atoms with Gasteiger partial charge in [-0.25, -0.2) is 4.39 Å². The van der Waals surface area contributed by atoms with Crippen LogP contribution in [0.2, 0.25) is 0 Å². The van der Waals surface area contributed by atoms with E-state index >= 15 is 0 Å². The summed E-state index contributed by atoms with van der Waals surface area (Å²) < 4.78 is 18.4. The molecule has 6 heteroatoms. The van der Waals surface area contributed by atoms with Gasteiger partial charge in [0.1, 0.15) is 5.82 Å². The van der Waals surface area contributed by atoms with E-state index in [-0.39, 0.29) is 5.82 Å². The molecular formula is C17H25FN4O. The molecule has 2 rings (SSSR count). The molecule has 3 N–H and O–H groups in total. The van der Waals surface area contributed by atoms with Crippen LogP contribution in [-0.4, -0.2) is 44.3 Å². The molecule has 0 aliphatic carbocycles. The van der Waals surface area contributed by atoms with Crippen molar-refractivity contribution in [2.45, 2.75) is 19.8 Å². The molecule has 1 aromatic heterocycles. The Balaban J connectivity index is 1.89. The van der Waals surface area contributed by atoms with E-state index in [0.717, 1.165) is 54.9 Å². The summed E-state index contributed by atoms with van der Waals surface area (Å²) in [6.45, 7) is 5.02. The van der Waals surface area contributed by atoms with Crippen LogP contribution in [0.4, 0.5) is 4.39 Å². The third-order valence-corrected chi connectivity index (χ3v) is 3.54. The van der Waals surface area contributed by atoms with Crippen molar-refractivity contribution < 1.29 is 9.13 Å². The Hall–Kier alpha value is -2.08. The minimum atomic E-state index is -0.209. The highest BCUT2D eigenvalue weighted by Gasteiger charge is 2.05. The van der Waals surface area contributed by atoms with Crippen LogP contribution in [0.15, 0.2) is 29.4 Å². The lowest BCUT2D eigenvalue weighted by Gasteiger charge is -2.11. The van der Waals surface area contributed by atoms with Crippen molar-refractivity contribution in [2.75, 3.05) is 33.4 Å². The van der Waals surface area contributed by atoms with Crippen LogP contribution in [0.25, 0.3) is 10.9 Å². The Kier molecular flexibility index (Phi) is 6.87. The van der Waals surface area contributed by atoms with E-state index in [4.69, 9.17) is 4.74 Å². The maximum atomic E-state index is 13.4. The van der Waals surface area contributed by atoms with Crippen molar-refractivity contribution in [2.24, 2.45) is 4.99 Å². The van der Waals surface area contributed by atoms with Crippen molar-refractivity contribution in [3.63, 3.8) is 0 Å². The van der Waals surface area contributed by atoms with Crippen molar-refractivity contribution in [1.29, 1.82) is 0 Å². The summed E-state index contributed by atoms with van der Waals surface area (Å²) in [5.41, 5.74) is 2.06. The number of rotatable bonds is 8. The lowest BCUT2D eigenvalue weighted by molar-refractivity contribution is 0.197. The minimum absolute atomic E-state index is 0.209. The molecule has 0 aliphatic rings. The van der Waals surface area contributed by atoms with Crippen LogP contribution in [-0.2, 0) is 11.2 Å². The van der Waals surface area contributed by atoms with E-state index in [0.29, 0.717) is 6.61 Å². The number of ether oxygens (including phenoxy) is 1. The van der Waals surface area contributed by atoms with E-state index in [1.807, 2.05) is 13.1 Å². The molecule has 1 aromatic carbocycles. The molecule has 0 fully saturated rings. The van der Waals surface area contributed by atoms with Gasteiger partial charge in [0, 0.05) is 50.5 Å². The zero-order valence-corrected chi connectivity index (χ0v) is 13.8. The average Bonchev–Trinajstić information content (AvgIpc) is 2.94. The van der Waals surface area contributed by atoms with Crippen LogP contribution in [0.5, 0.6) is 0 Å². The predicted molar refractivity (Wildman–Crippen MR) is 92.4 cm³/mol. The molecule has 0 aliphatic heterocycles. The van der Waals surface area contributed by atoms with Gasteiger partial charge in [-0.1, -0.05) is 0 Å². The normalized spacial score (nSPS) is 11.9. The van der Waals surface area contributed by atoms with E-state index in [2.05, 4.69) is 20.6 Å². The van der Waals surface area contributed by atoms with Crippen LogP contribution in [0.3, 0.4) is 0 Å². The third kappa shape index (κ3) is 5.25. The zero-order valence-electron chi connectivity index (χ0n) is 13.8. The topological polar surface area (TPSA) is 61.4 Å². The van der Waals surface area contributed by atoms with Crippen molar-refractivity contribution in [1.82, 2.24) is 15.6 Å². The second-order valence-electron chi connectivity index (χ2n) is 5.29. The summed E-state index contributed by atoms with van der Waals surface area (Å²) in [5.74, 6) is 0.592. The molecule has 2 aromatic rings. The molecule has 5 nitrogen and oxygen atoms in total. The summed E-state index contributed by atoms with van der Waals surface area (Å²) in [7, 11) is 1.69. The Morgan fingerprint density at radius 1 is 1.35 bits per heavy atom. The summed E-state index contributed by atoms with van der Waals surface area (Å²) in [6, 6.07) is 4.81. The Bertz CT molecular complexity index is 639. The van der Waals surface area contributed by atoms with Crippen molar-refractivity contribution in [3.8, 4) is 0 Å². The Morgan fingerprint density at radius 2 is 2.22 bits per heavy atom. The SMILES string of the molecule is CCNC(=NCCCOC)NCCc1c[nH]c2ccc(F)cc12. The second-order valence-corrected chi connectivity index (χ2v) is 5.29. The highest BCUT2D eigenvalue weighted by atomic mass is 19.1. The first-order valence-corrected chi connectivity index (χ1v) is 8.01. The van der Waals surface area contributed by atoms with Gasteiger partial charge in [0.2, 0.25) is 0 Å². The van der Waals surface area contributed by atoms with E-state index in [1.165, 1.54) is 6.07 Å². The maximum Gasteiger partial charge on any atom is 0.191 e. The molecule has 0 amide bonds. The fraction of sp³-hybridized carbons (Fsp3) is 0.471. The minimum Gasteiger partial charge on any atom is -0.385 e. The van der Waals surface area contributed by atoms with Gasteiger partial charge in [0.15, 0.2) is 5.96 Å². The van der Waals surface area contributed by atoms with Gasteiger partial charge in [0.05, 0.1) is 0 Å². The molecule has 0 atom stereocenters. The van der Waals surface area contributed by atoms with Crippen LogP contribution < -0.4 is 10.6 Å². The number of guanidine groups is 1. The van der Waals surface area contributed by atoms with Crippen molar-refractivity contribution >= 4 is 16.9 Å². The van der Waals surface area contributed by atoms with Gasteiger partial charge in [-0.2, -0.15) is 0 Å². The van der Waals surface area contributed by atoms with Gasteiger partial charge >= 0.3 is 0 Å². The van der Waals surface area contributed by atoms with E-state index in [9.17, 15) is 4.39 Å². The van der Waals surface area contributed by atoms with Gasteiger partial charge < -0.3 is 20.4 Å². The number of hydrogen-bond donors (Lipinski definition) is 3. The lowest BCUT2D eigenvalue weighted by atomic mass is 10.1. The number of fused-ring (bicyclic) bond motifs is 1. The highest BCUT2D eigenvalue weighted by Crippen LogP contribution is 2.19. The fourth-order valence-corrected chi connectivity index (χ4v) is 2.41. The summed E-state index contributed by atoms with van der Waals surface area (Å²) in [5, 5.41) is 7.46. The van der Waals surface area contributed by atoms with Crippen LogP contribution in [0.1, 0.15) is 18.9 Å². The number of nitrogens with zero attached hydrogens (tertiary/aromatic N) is 1.